The largest absolute Gasteiger partial charge is 0.344 e. The first kappa shape index (κ1) is 24.7. The molecule has 9 nitrogen and oxygen atoms in total. The summed E-state index contributed by atoms with van der Waals surface area (Å²) in [5.41, 5.74) is 1.55. The van der Waals surface area contributed by atoms with Crippen LogP contribution in [0.4, 0.5) is 0 Å². The second kappa shape index (κ2) is 10.9. The summed E-state index contributed by atoms with van der Waals surface area (Å²) in [6, 6.07) is 12.5. The summed E-state index contributed by atoms with van der Waals surface area (Å²) in [6.45, 7) is 4.51. The Morgan fingerprint density at radius 2 is 1.89 bits per heavy atom. The summed E-state index contributed by atoms with van der Waals surface area (Å²) >= 11 is 0. The molecule has 184 valence electrons. The van der Waals surface area contributed by atoms with Crippen LogP contribution < -0.4 is 5.32 Å². The highest BCUT2D eigenvalue weighted by atomic mass is 32.2. The minimum atomic E-state index is -3.55. The number of benzene rings is 1. The highest BCUT2D eigenvalue weighted by Gasteiger charge is 2.33. The first-order chi connectivity index (χ1) is 16.8. The van der Waals surface area contributed by atoms with Crippen LogP contribution in [0.5, 0.6) is 0 Å². The molecule has 3 aromatic rings. The smallest absolute Gasteiger partial charge is 0.249 e. The van der Waals surface area contributed by atoms with Crippen molar-refractivity contribution in [1.29, 1.82) is 0 Å². The summed E-state index contributed by atoms with van der Waals surface area (Å²) < 4.78 is 32.3. The third kappa shape index (κ3) is 6.20. The maximum Gasteiger partial charge on any atom is 0.249 e. The van der Waals surface area contributed by atoms with Gasteiger partial charge >= 0.3 is 0 Å². The minimum Gasteiger partial charge on any atom is -0.344 e. The second-order valence-corrected chi connectivity index (χ2v) is 10.7. The molecule has 0 aliphatic carbocycles. The van der Waals surface area contributed by atoms with Gasteiger partial charge in [0, 0.05) is 42.4 Å². The lowest BCUT2D eigenvalue weighted by Gasteiger charge is -2.30. The number of amides is 1. The van der Waals surface area contributed by atoms with Crippen molar-refractivity contribution < 1.29 is 17.7 Å². The molecule has 1 N–H and O–H groups in total. The van der Waals surface area contributed by atoms with Crippen LogP contribution in [0, 0.1) is 11.8 Å². The Morgan fingerprint density at radius 1 is 1.14 bits per heavy atom. The number of aromatic nitrogens is 3. The number of nitrogens with one attached hydrogen (secondary N) is 1. The molecule has 3 heterocycles. The molecule has 1 aromatic carbocycles. The summed E-state index contributed by atoms with van der Waals surface area (Å²) in [5.74, 6) is 0.335. The number of piperidine rings is 1. The van der Waals surface area contributed by atoms with Crippen LogP contribution in [-0.2, 0) is 14.8 Å². The maximum atomic E-state index is 13.0. The lowest BCUT2D eigenvalue weighted by Crippen LogP contribution is -2.43. The van der Waals surface area contributed by atoms with Crippen molar-refractivity contribution in [2.24, 2.45) is 11.8 Å². The fraction of sp³-hybridized carbons (Fsp3) is 0.360. The zero-order valence-electron chi connectivity index (χ0n) is 19.7. The van der Waals surface area contributed by atoms with E-state index in [4.69, 9.17) is 4.52 Å². The Labute approximate surface area is 205 Å². The lowest BCUT2D eigenvalue weighted by molar-refractivity contribution is -0.127. The van der Waals surface area contributed by atoms with Crippen molar-refractivity contribution in [2.75, 3.05) is 13.1 Å². The summed E-state index contributed by atoms with van der Waals surface area (Å²) in [4.78, 5) is 21.6. The first-order valence-corrected chi connectivity index (χ1v) is 13.1. The van der Waals surface area contributed by atoms with E-state index in [1.165, 1.54) is 9.71 Å². The molecule has 1 saturated heterocycles. The zero-order chi connectivity index (χ0) is 24.8. The van der Waals surface area contributed by atoms with Crippen LogP contribution >= 0.6 is 0 Å². The van der Waals surface area contributed by atoms with E-state index in [0.29, 0.717) is 24.6 Å². The maximum absolute atomic E-state index is 13.0. The SMILES string of the molecule is CC(C)C(NC(=O)C1CCN(S(=O)(=O)/C=C/c2ccccc2)CC1)c1nc(-c2cccnc2)no1. The quantitative estimate of drug-likeness (QED) is 0.507. The van der Waals surface area contributed by atoms with Gasteiger partial charge in [-0.2, -0.15) is 9.29 Å². The molecule has 35 heavy (non-hydrogen) atoms. The van der Waals surface area contributed by atoms with Gasteiger partial charge in [0.25, 0.3) is 0 Å². The Morgan fingerprint density at radius 3 is 2.54 bits per heavy atom. The molecule has 1 unspecified atom stereocenters. The van der Waals surface area contributed by atoms with Gasteiger partial charge in [-0.05, 0) is 42.5 Å². The molecule has 2 aromatic heterocycles. The first-order valence-electron chi connectivity index (χ1n) is 11.6. The van der Waals surface area contributed by atoms with Gasteiger partial charge in [0.05, 0.1) is 0 Å². The fourth-order valence-electron chi connectivity index (χ4n) is 3.95. The average molecular weight is 496 g/mol. The molecule has 1 amide bonds. The van der Waals surface area contributed by atoms with Gasteiger partial charge in [-0.15, -0.1) is 0 Å². The van der Waals surface area contributed by atoms with E-state index in [1.54, 1.807) is 24.5 Å². The lowest BCUT2D eigenvalue weighted by atomic mass is 9.95. The highest BCUT2D eigenvalue weighted by molar-refractivity contribution is 7.92. The van der Waals surface area contributed by atoms with E-state index < -0.39 is 16.1 Å². The number of rotatable bonds is 8. The van der Waals surface area contributed by atoms with Crippen LogP contribution in [0.2, 0.25) is 0 Å². The molecule has 0 radical (unpaired) electrons. The molecule has 1 aliphatic rings. The number of nitrogens with zero attached hydrogens (tertiary/aromatic N) is 4. The van der Waals surface area contributed by atoms with Crippen molar-refractivity contribution in [3.63, 3.8) is 0 Å². The van der Waals surface area contributed by atoms with E-state index in [1.807, 2.05) is 50.2 Å². The molecular formula is C25H29N5O4S. The summed E-state index contributed by atoms with van der Waals surface area (Å²) in [5, 5.41) is 8.29. The Kier molecular flexibility index (Phi) is 7.72. The van der Waals surface area contributed by atoms with Crippen LogP contribution in [0.15, 0.2) is 64.8 Å². The molecule has 0 saturated carbocycles. The number of carbonyl (C=O) groups is 1. The molecule has 0 spiro atoms. The van der Waals surface area contributed by atoms with Crippen molar-refractivity contribution in [1.82, 2.24) is 24.7 Å². The van der Waals surface area contributed by atoms with Crippen LogP contribution in [0.25, 0.3) is 17.5 Å². The van der Waals surface area contributed by atoms with Gasteiger partial charge in [-0.25, -0.2) is 8.42 Å². The standard InChI is InChI=1S/C25H29N5O4S/c1-18(2)22(25-28-23(29-34-25)21-9-6-13-26-17-21)27-24(31)20-10-14-30(15-11-20)35(32,33)16-12-19-7-4-3-5-8-19/h3-9,12-13,16-18,20,22H,10-11,14-15H2,1-2H3,(H,27,31)/b16-12+. The van der Waals surface area contributed by atoms with E-state index in [2.05, 4.69) is 20.4 Å². The molecule has 1 atom stereocenters. The summed E-state index contributed by atoms with van der Waals surface area (Å²) in [7, 11) is -3.55. The van der Waals surface area contributed by atoms with Crippen molar-refractivity contribution in [2.45, 2.75) is 32.7 Å². The normalized spacial score (nSPS) is 16.5. The predicted molar refractivity (Wildman–Crippen MR) is 132 cm³/mol. The van der Waals surface area contributed by atoms with Crippen LogP contribution in [0.3, 0.4) is 0 Å². The fourth-order valence-corrected chi connectivity index (χ4v) is 5.17. The molecule has 1 fully saturated rings. The van der Waals surface area contributed by atoms with Gasteiger partial charge in [-0.1, -0.05) is 49.3 Å². The van der Waals surface area contributed by atoms with E-state index in [9.17, 15) is 13.2 Å². The van der Waals surface area contributed by atoms with Gasteiger partial charge in [0.1, 0.15) is 6.04 Å². The van der Waals surface area contributed by atoms with Crippen molar-refractivity contribution >= 4 is 22.0 Å². The third-order valence-corrected chi connectivity index (χ3v) is 7.57. The van der Waals surface area contributed by atoms with Crippen molar-refractivity contribution in [3.8, 4) is 11.4 Å². The Hall–Kier alpha value is -3.37. The second-order valence-electron chi connectivity index (χ2n) is 8.86. The average Bonchev–Trinajstić information content (AvgIpc) is 3.37. The van der Waals surface area contributed by atoms with Gasteiger partial charge in [0.2, 0.25) is 27.6 Å². The predicted octanol–water partition coefficient (Wildman–Crippen LogP) is 3.66. The molecule has 0 bridgehead atoms. The molecule has 10 heteroatoms. The number of hydrogen-bond donors (Lipinski definition) is 1. The number of pyridine rings is 1. The monoisotopic (exact) mass is 495 g/mol. The molecule has 4 rings (SSSR count). The zero-order valence-corrected chi connectivity index (χ0v) is 20.6. The van der Waals surface area contributed by atoms with Crippen LogP contribution in [0.1, 0.15) is 44.2 Å². The molecular weight excluding hydrogens is 466 g/mol. The van der Waals surface area contributed by atoms with Crippen molar-refractivity contribution in [3.05, 3.63) is 71.7 Å². The minimum absolute atomic E-state index is 0.0183. The number of carbonyl (C=O) groups excluding carboxylic acids is 1. The topological polar surface area (TPSA) is 118 Å². The Bertz CT molecular complexity index is 1250. The number of hydrogen-bond acceptors (Lipinski definition) is 7. The summed E-state index contributed by atoms with van der Waals surface area (Å²) in [6.07, 6.45) is 5.79. The van der Waals surface area contributed by atoms with Crippen LogP contribution in [-0.4, -0.2) is 46.8 Å². The molecule has 1 aliphatic heterocycles. The van der Waals surface area contributed by atoms with Gasteiger partial charge in [-0.3, -0.25) is 9.78 Å². The van der Waals surface area contributed by atoms with Gasteiger partial charge in [0.15, 0.2) is 0 Å². The van der Waals surface area contributed by atoms with E-state index >= 15 is 0 Å². The van der Waals surface area contributed by atoms with E-state index in [0.717, 1.165) is 11.1 Å². The third-order valence-electron chi connectivity index (χ3n) is 6.01. The number of sulfonamides is 1. The Balaban J connectivity index is 1.36. The highest BCUT2D eigenvalue weighted by Crippen LogP contribution is 2.26. The van der Waals surface area contributed by atoms with E-state index in [-0.39, 0.29) is 30.8 Å². The van der Waals surface area contributed by atoms with Gasteiger partial charge < -0.3 is 9.84 Å².